The fraction of sp³-hybridized carbons (Fsp3) is 0.167. The van der Waals surface area contributed by atoms with Crippen LogP contribution in [0.1, 0.15) is 11.3 Å². The number of aromatic nitrogens is 1. The second kappa shape index (κ2) is 4.40. The van der Waals surface area contributed by atoms with Crippen LogP contribution in [0.5, 0.6) is 0 Å². The molecule has 0 saturated heterocycles. The molecule has 3 heteroatoms. The number of hydrogen-bond donors (Lipinski definition) is 1. The van der Waals surface area contributed by atoms with Crippen LogP contribution in [0.4, 0.5) is 0 Å². The van der Waals surface area contributed by atoms with Crippen molar-refractivity contribution >= 4 is 0 Å². The Hall–Kier alpha value is 0.575. The second-order valence-electron chi connectivity index (χ2n) is 1.54. The maximum Gasteiger partial charge on any atom is 1.00 e. The molecule has 0 aliphatic heterocycles. The van der Waals surface area contributed by atoms with E-state index in [2.05, 4.69) is 11.1 Å². The second-order valence-corrected chi connectivity index (χ2v) is 1.54. The van der Waals surface area contributed by atoms with Gasteiger partial charge in [-0.15, -0.1) is 11.6 Å². The molecule has 1 heterocycles. The number of nitrogens with zero attached hydrogens (tertiary/aromatic N) is 1. The summed E-state index contributed by atoms with van der Waals surface area (Å²) in [5.74, 6) is 0. The molecule has 0 radical (unpaired) electrons. The molecule has 0 aromatic carbocycles. The SMILES string of the molecule is Cc1[nH]c[c-]c1C#N.[Rb+]. The predicted octanol–water partition coefficient (Wildman–Crippen LogP) is -2.00. The zero-order chi connectivity index (χ0) is 5.98. The van der Waals surface area contributed by atoms with Crippen LogP contribution in [-0.2, 0) is 0 Å². The van der Waals surface area contributed by atoms with Crippen molar-refractivity contribution < 1.29 is 58.2 Å². The minimum Gasteiger partial charge on any atom is -0.427 e. The van der Waals surface area contributed by atoms with Crippen LogP contribution in [-0.4, -0.2) is 4.98 Å². The van der Waals surface area contributed by atoms with Gasteiger partial charge in [0.25, 0.3) is 0 Å². The van der Waals surface area contributed by atoms with E-state index < -0.39 is 0 Å². The molecule has 0 saturated carbocycles. The quantitative estimate of drug-likeness (QED) is 0.473. The summed E-state index contributed by atoms with van der Waals surface area (Å²) in [5.41, 5.74) is 1.48. The Morgan fingerprint density at radius 2 is 2.44 bits per heavy atom. The molecule has 1 N–H and O–H groups in total. The van der Waals surface area contributed by atoms with Crippen molar-refractivity contribution in [3.63, 3.8) is 0 Å². The van der Waals surface area contributed by atoms with Gasteiger partial charge in [0.05, 0.1) is 0 Å². The molecule has 40 valence electrons. The number of aromatic amines is 1. The Kier molecular flexibility index (Phi) is 4.68. The molecule has 0 unspecified atom stereocenters. The van der Waals surface area contributed by atoms with Crippen molar-refractivity contribution in [1.82, 2.24) is 4.98 Å². The van der Waals surface area contributed by atoms with Crippen molar-refractivity contribution in [3.05, 3.63) is 23.5 Å². The van der Waals surface area contributed by atoms with Crippen LogP contribution in [0.15, 0.2) is 6.20 Å². The zero-order valence-electron chi connectivity index (χ0n) is 5.52. The summed E-state index contributed by atoms with van der Waals surface area (Å²) in [7, 11) is 0. The first-order chi connectivity index (χ1) is 3.84. The van der Waals surface area contributed by atoms with Gasteiger partial charge in [-0.05, 0) is 0 Å². The molecule has 1 aromatic heterocycles. The van der Waals surface area contributed by atoms with Gasteiger partial charge < -0.3 is 4.98 Å². The smallest absolute Gasteiger partial charge is 0.427 e. The van der Waals surface area contributed by atoms with E-state index in [9.17, 15) is 0 Å². The van der Waals surface area contributed by atoms with Crippen LogP contribution in [0.25, 0.3) is 0 Å². The maximum atomic E-state index is 8.31. The summed E-state index contributed by atoms with van der Waals surface area (Å²) in [5, 5.41) is 8.31. The maximum absolute atomic E-state index is 8.31. The Morgan fingerprint density at radius 3 is 2.67 bits per heavy atom. The number of H-pyrrole nitrogens is 1. The number of aryl methyl sites for hydroxylation is 1. The van der Waals surface area contributed by atoms with Gasteiger partial charge >= 0.3 is 58.2 Å². The van der Waals surface area contributed by atoms with E-state index in [4.69, 9.17) is 5.26 Å². The monoisotopic (exact) mass is 190 g/mol. The molecule has 2 nitrogen and oxygen atoms in total. The van der Waals surface area contributed by atoms with Gasteiger partial charge in [-0.1, -0.05) is 24.9 Å². The first-order valence-corrected chi connectivity index (χ1v) is 2.30. The molecule has 0 aliphatic carbocycles. The van der Waals surface area contributed by atoms with E-state index in [-0.39, 0.29) is 58.2 Å². The first-order valence-electron chi connectivity index (χ1n) is 2.30. The minimum atomic E-state index is 0. The summed E-state index contributed by atoms with van der Waals surface area (Å²) in [6, 6.07) is 4.73. The summed E-state index contributed by atoms with van der Waals surface area (Å²) < 4.78 is 0. The number of nitriles is 1. The van der Waals surface area contributed by atoms with E-state index >= 15 is 0 Å². The molecule has 0 fully saturated rings. The summed E-state index contributed by atoms with van der Waals surface area (Å²) in [4.78, 5) is 2.84. The third-order valence-corrected chi connectivity index (χ3v) is 0.992. The molecule has 1 rings (SSSR count). The fourth-order valence-electron chi connectivity index (χ4n) is 0.513. The van der Waals surface area contributed by atoms with E-state index in [0.29, 0.717) is 5.56 Å². The topological polar surface area (TPSA) is 39.6 Å². The van der Waals surface area contributed by atoms with Crippen LogP contribution < -0.4 is 58.2 Å². The van der Waals surface area contributed by atoms with Gasteiger partial charge in [-0.3, -0.25) is 5.26 Å². The van der Waals surface area contributed by atoms with Crippen molar-refractivity contribution in [2.24, 2.45) is 0 Å². The third kappa shape index (κ3) is 2.34. The summed E-state index contributed by atoms with van der Waals surface area (Å²) in [6.45, 7) is 1.84. The minimum absolute atomic E-state index is 0. The number of nitrogens with one attached hydrogen (secondary N) is 1. The van der Waals surface area contributed by atoms with Gasteiger partial charge in [-0.2, -0.15) is 0 Å². The van der Waals surface area contributed by atoms with E-state index in [1.54, 1.807) is 6.20 Å². The summed E-state index contributed by atoms with van der Waals surface area (Å²) in [6.07, 6.45) is 1.63. The predicted molar refractivity (Wildman–Crippen MR) is 29.1 cm³/mol. The van der Waals surface area contributed by atoms with E-state index in [1.807, 2.05) is 13.0 Å². The zero-order valence-corrected chi connectivity index (χ0v) is 10.4. The Morgan fingerprint density at radius 1 is 1.78 bits per heavy atom. The van der Waals surface area contributed by atoms with Crippen LogP contribution in [0.2, 0.25) is 0 Å². The fourth-order valence-corrected chi connectivity index (χ4v) is 0.513. The van der Waals surface area contributed by atoms with E-state index in [0.717, 1.165) is 5.69 Å². The number of hydrogen-bond acceptors (Lipinski definition) is 1. The Bertz CT molecular complexity index is 221. The molecule has 0 bridgehead atoms. The van der Waals surface area contributed by atoms with Crippen molar-refractivity contribution in [1.29, 1.82) is 5.26 Å². The third-order valence-electron chi connectivity index (χ3n) is 0.992. The molecule has 0 atom stereocenters. The normalized spacial score (nSPS) is 7.56. The first kappa shape index (κ1) is 9.58. The standard InChI is InChI=1S/C6H5N2.Rb/c1-5-6(4-7)2-3-8-5;/h3,8H,1H3;/q-1;+1. The average Bonchev–Trinajstić information content (AvgIpc) is 2.14. The molecular weight excluding hydrogens is 186 g/mol. The van der Waals surface area contributed by atoms with Gasteiger partial charge in [0, 0.05) is 0 Å². The molecule has 0 spiro atoms. The van der Waals surface area contributed by atoms with Crippen LogP contribution in [0.3, 0.4) is 0 Å². The van der Waals surface area contributed by atoms with Crippen molar-refractivity contribution in [2.45, 2.75) is 6.92 Å². The van der Waals surface area contributed by atoms with Gasteiger partial charge in [0.15, 0.2) is 0 Å². The summed E-state index contributed by atoms with van der Waals surface area (Å²) >= 11 is 0. The van der Waals surface area contributed by atoms with Gasteiger partial charge in [-0.25, -0.2) is 0 Å². The molecule has 0 aliphatic rings. The largest absolute Gasteiger partial charge is 1.00 e. The molecule has 0 amide bonds. The van der Waals surface area contributed by atoms with Gasteiger partial charge in [0.2, 0.25) is 0 Å². The molecular formula is C6H5N2Rb. The Labute approximate surface area is 103 Å². The Balaban J connectivity index is 0.000000640. The molecule has 9 heavy (non-hydrogen) atoms. The van der Waals surface area contributed by atoms with Crippen LogP contribution in [0, 0.1) is 24.3 Å². The van der Waals surface area contributed by atoms with E-state index in [1.165, 1.54) is 0 Å². The molecule has 1 aromatic rings. The van der Waals surface area contributed by atoms with Crippen LogP contribution >= 0.6 is 0 Å². The van der Waals surface area contributed by atoms with Gasteiger partial charge in [0.1, 0.15) is 0 Å². The van der Waals surface area contributed by atoms with Crippen molar-refractivity contribution in [2.75, 3.05) is 0 Å². The van der Waals surface area contributed by atoms with Crippen molar-refractivity contribution in [3.8, 4) is 6.07 Å². The average molecular weight is 191 g/mol. The number of rotatable bonds is 0.